The molecule has 2 aliphatic heterocycles. The van der Waals surface area contributed by atoms with Crippen LogP contribution in [0.5, 0.6) is 5.75 Å². The molecule has 0 aliphatic carbocycles. The average Bonchev–Trinajstić information content (AvgIpc) is 2.92. The molecular formula is C24H30ClN3O7S2. The molecule has 13 heteroatoms. The number of nitrogens with one attached hydrogen (secondary N) is 1. The van der Waals surface area contributed by atoms with E-state index in [1.54, 1.807) is 12.1 Å². The van der Waals surface area contributed by atoms with Crippen molar-refractivity contribution in [3.05, 3.63) is 53.1 Å². The number of hydrogen-bond donors (Lipinski definition) is 1. The maximum Gasteiger partial charge on any atom is 0.243 e. The number of halogens is 1. The van der Waals surface area contributed by atoms with E-state index in [1.165, 1.54) is 46.1 Å². The van der Waals surface area contributed by atoms with Gasteiger partial charge in [-0.3, -0.25) is 4.79 Å². The highest BCUT2D eigenvalue weighted by molar-refractivity contribution is 7.89. The summed E-state index contributed by atoms with van der Waals surface area (Å²) in [7, 11) is -5.97. The van der Waals surface area contributed by atoms with Crippen molar-refractivity contribution in [3.8, 4) is 5.75 Å². The minimum absolute atomic E-state index is 0.0477. The summed E-state index contributed by atoms with van der Waals surface area (Å²) in [6.45, 7) is 1.96. The molecule has 0 radical (unpaired) electrons. The molecule has 4 rings (SSSR count). The number of methoxy groups -OCH3 is 1. The van der Waals surface area contributed by atoms with Crippen LogP contribution in [0.1, 0.15) is 18.4 Å². The molecule has 2 saturated heterocycles. The predicted molar refractivity (Wildman–Crippen MR) is 137 cm³/mol. The van der Waals surface area contributed by atoms with Gasteiger partial charge in [0.15, 0.2) is 0 Å². The van der Waals surface area contributed by atoms with E-state index in [4.69, 9.17) is 21.1 Å². The summed E-state index contributed by atoms with van der Waals surface area (Å²) in [5, 5.41) is 3.04. The maximum atomic E-state index is 13.1. The summed E-state index contributed by atoms with van der Waals surface area (Å²) < 4.78 is 64.9. The standard InChI is InChI=1S/C24H30ClN3O7S2/c1-34-23-9-8-21(15-22(23)25)37(32,33)28-10-2-3-19(17-28)24(29)26-16-18-4-6-20(7-5-18)36(30,31)27-11-13-35-14-12-27/h4-9,15,19H,2-3,10-14,16-17H2,1H3,(H,26,29)/t19-/m0/s1. The largest absolute Gasteiger partial charge is 0.495 e. The van der Waals surface area contributed by atoms with Crippen molar-refractivity contribution in [2.24, 2.45) is 5.92 Å². The van der Waals surface area contributed by atoms with Gasteiger partial charge < -0.3 is 14.8 Å². The number of hydrogen-bond acceptors (Lipinski definition) is 7. The molecule has 0 aromatic heterocycles. The Bertz CT molecular complexity index is 1330. The number of rotatable bonds is 8. The van der Waals surface area contributed by atoms with Gasteiger partial charge in [0.1, 0.15) is 5.75 Å². The van der Waals surface area contributed by atoms with Crippen LogP contribution in [0.3, 0.4) is 0 Å². The SMILES string of the molecule is COc1ccc(S(=O)(=O)N2CCC[C@H](C(=O)NCc3ccc(S(=O)(=O)N4CCOCC4)cc3)C2)cc1Cl. The number of benzene rings is 2. The molecule has 0 saturated carbocycles. The quantitative estimate of drug-likeness (QED) is 0.515. The first-order chi connectivity index (χ1) is 17.6. The molecule has 202 valence electrons. The molecule has 2 aliphatic rings. The molecule has 1 atom stereocenters. The molecule has 2 aromatic carbocycles. The Balaban J connectivity index is 1.36. The molecule has 10 nitrogen and oxygen atoms in total. The summed E-state index contributed by atoms with van der Waals surface area (Å²) in [6.07, 6.45) is 1.12. The number of morpholine rings is 1. The number of carbonyl (C=O) groups is 1. The van der Waals surface area contributed by atoms with Crippen LogP contribution >= 0.6 is 11.6 Å². The van der Waals surface area contributed by atoms with Gasteiger partial charge in [-0.2, -0.15) is 8.61 Å². The fraction of sp³-hybridized carbons (Fsp3) is 0.458. The first-order valence-electron chi connectivity index (χ1n) is 11.9. The van der Waals surface area contributed by atoms with Gasteiger partial charge in [-0.1, -0.05) is 23.7 Å². The van der Waals surface area contributed by atoms with Gasteiger partial charge in [0, 0.05) is 32.7 Å². The van der Waals surface area contributed by atoms with Crippen molar-refractivity contribution in [3.63, 3.8) is 0 Å². The van der Waals surface area contributed by atoms with Crippen LogP contribution in [0.25, 0.3) is 0 Å². The fourth-order valence-corrected chi connectivity index (χ4v) is 7.66. The minimum atomic E-state index is -3.83. The lowest BCUT2D eigenvalue weighted by Gasteiger charge is -2.31. The minimum Gasteiger partial charge on any atom is -0.495 e. The molecule has 2 fully saturated rings. The number of nitrogens with zero attached hydrogens (tertiary/aromatic N) is 2. The van der Waals surface area contributed by atoms with Gasteiger partial charge in [-0.25, -0.2) is 16.8 Å². The Kier molecular flexibility index (Phi) is 8.77. The highest BCUT2D eigenvalue weighted by Crippen LogP contribution is 2.30. The van der Waals surface area contributed by atoms with E-state index >= 15 is 0 Å². The van der Waals surface area contributed by atoms with Crippen LogP contribution in [0.4, 0.5) is 0 Å². The maximum absolute atomic E-state index is 13.1. The van der Waals surface area contributed by atoms with Crippen LogP contribution < -0.4 is 10.1 Å². The second-order valence-corrected chi connectivity index (χ2v) is 13.2. The lowest BCUT2D eigenvalue weighted by Crippen LogP contribution is -2.45. The second kappa shape index (κ2) is 11.7. The zero-order chi connectivity index (χ0) is 26.6. The van der Waals surface area contributed by atoms with Gasteiger partial charge >= 0.3 is 0 Å². The molecule has 1 amide bonds. The Morgan fingerprint density at radius 1 is 1.00 bits per heavy atom. The smallest absolute Gasteiger partial charge is 0.243 e. The monoisotopic (exact) mass is 571 g/mol. The van der Waals surface area contributed by atoms with Gasteiger partial charge in [-0.15, -0.1) is 0 Å². The average molecular weight is 572 g/mol. The molecular weight excluding hydrogens is 542 g/mol. The topological polar surface area (TPSA) is 122 Å². The van der Waals surface area contributed by atoms with E-state index in [2.05, 4.69) is 5.32 Å². The van der Waals surface area contributed by atoms with Crippen LogP contribution in [0.2, 0.25) is 5.02 Å². The first kappa shape index (κ1) is 27.8. The molecule has 2 heterocycles. The lowest BCUT2D eigenvalue weighted by molar-refractivity contribution is -0.126. The van der Waals surface area contributed by atoms with Gasteiger partial charge in [0.2, 0.25) is 26.0 Å². The van der Waals surface area contributed by atoms with Crippen LogP contribution in [-0.4, -0.2) is 77.9 Å². The van der Waals surface area contributed by atoms with Gasteiger partial charge in [0.25, 0.3) is 0 Å². The van der Waals surface area contributed by atoms with Crippen molar-refractivity contribution in [2.75, 3.05) is 46.5 Å². The van der Waals surface area contributed by atoms with Crippen LogP contribution in [0, 0.1) is 5.92 Å². The lowest BCUT2D eigenvalue weighted by atomic mass is 9.99. The van der Waals surface area contributed by atoms with E-state index in [1.807, 2.05) is 0 Å². The third-order valence-electron chi connectivity index (χ3n) is 6.51. The molecule has 0 unspecified atom stereocenters. The number of carbonyl (C=O) groups excluding carboxylic acids is 1. The third kappa shape index (κ3) is 6.27. The van der Waals surface area contributed by atoms with Crippen molar-refractivity contribution < 1.29 is 31.1 Å². The Morgan fingerprint density at radius 2 is 1.65 bits per heavy atom. The summed E-state index contributed by atoms with van der Waals surface area (Å²) in [5.41, 5.74) is 0.738. The zero-order valence-electron chi connectivity index (χ0n) is 20.4. The first-order valence-corrected chi connectivity index (χ1v) is 15.2. The third-order valence-corrected chi connectivity index (χ3v) is 10.6. The Labute approximate surface area is 222 Å². The van der Waals surface area contributed by atoms with Crippen molar-refractivity contribution in [1.82, 2.24) is 13.9 Å². The van der Waals surface area contributed by atoms with Crippen molar-refractivity contribution in [2.45, 2.75) is 29.2 Å². The highest BCUT2D eigenvalue weighted by Gasteiger charge is 2.33. The second-order valence-electron chi connectivity index (χ2n) is 8.88. The number of amides is 1. The van der Waals surface area contributed by atoms with Crippen molar-refractivity contribution in [1.29, 1.82) is 0 Å². The molecule has 0 bridgehead atoms. The summed E-state index contributed by atoms with van der Waals surface area (Å²) >= 11 is 6.11. The van der Waals surface area contributed by atoms with E-state index < -0.39 is 26.0 Å². The summed E-state index contributed by atoms with van der Waals surface area (Å²) in [6, 6.07) is 10.7. The van der Waals surface area contributed by atoms with E-state index in [0.717, 1.165) is 5.56 Å². The van der Waals surface area contributed by atoms with E-state index in [-0.39, 0.29) is 33.8 Å². The molecule has 1 N–H and O–H groups in total. The number of piperidine rings is 1. The van der Waals surface area contributed by atoms with Crippen LogP contribution in [-0.2, 0) is 36.1 Å². The van der Waals surface area contributed by atoms with Gasteiger partial charge in [-0.05, 0) is 48.7 Å². The van der Waals surface area contributed by atoms with E-state index in [9.17, 15) is 21.6 Å². The van der Waals surface area contributed by atoms with Crippen LogP contribution in [0.15, 0.2) is 52.3 Å². The number of sulfonamides is 2. The Morgan fingerprint density at radius 3 is 2.30 bits per heavy atom. The number of ether oxygens (including phenoxy) is 2. The Hall–Kier alpha value is -2.22. The van der Waals surface area contributed by atoms with Crippen molar-refractivity contribution >= 4 is 37.6 Å². The highest BCUT2D eigenvalue weighted by atomic mass is 35.5. The molecule has 2 aromatic rings. The molecule has 0 spiro atoms. The van der Waals surface area contributed by atoms with Gasteiger partial charge in [0.05, 0.1) is 41.1 Å². The van der Waals surface area contributed by atoms with E-state index in [0.29, 0.717) is 51.4 Å². The predicted octanol–water partition coefficient (Wildman–Crippen LogP) is 2.09. The normalized spacial score (nSPS) is 19.9. The summed E-state index contributed by atoms with van der Waals surface area (Å²) in [5.74, 6) is -0.376. The fourth-order valence-electron chi connectivity index (χ4n) is 4.38. The summed E-state index contributed by atoms with van der Waals surface area (Å²) in [4.78, 5) is 13.1. The molecule has 37 heavy (non-hydrogen) atoms. The zero-order valence-corrected chi connectivity index (χ0v) is 22.8.